The number of halogens is 1. The molecule has 1 aliphatic rings. The molecule has 2 heterocycles. The quantitative estimate of drug-likeness (QED) is 0.608. The number of carbonyl (C=O) groups is 2. The number of hydrogen-bond donors (Lipinski definition) is 2. The van der Waals surface area contributed by atoms with Crippen LogP contribution in [0.4, 0.5) is 5.69 Å². The number of nitrogens with one attached hydrogen (secondary N) is 1. The van der Waals surface area contributed by atoms with Gasteiger partial charge in [-0.15, -0.1) is 0 Å². The van der Waals surface area contributed by atoms with Crippen molar-refractivity contribution in [3.63, 3.8) is 0 Å². The molecule has 0 spiro atoms. The summed E-state index contributed by atoms with van der Waals surface area (Å²) in [6, 6.07) is 14.1. The molecule has 0 unspecified atom stereocenters. The molecule has 4 rings (SSSR count). The van der Waals surface area contributed by atoms with E-state index >= 15 is 0 Å². The highest BCUT2D eigenvalue weighted by molar-refractivity contribution is 6.33. The lowest BCUT2D eigenvalue weighted by atomic mass is 9.95. The monoisotopic (exact) mass is 439 g/mol. The highest BCUT2D eigenvalue weighted by Gasteiger charge is 2.27. The van der Waals surface area contributed by atoms with Crippen LogP contribution in [0.25, 0.3) is 11.4 Å². The molecule has 0 bridgehead atoms. The zero-order valence-electron chi connectivity index (χ0n) is 16.8. The Morgan fingerprint density at radius 2 is 1.84 bits per heavy atom. The number of primary amides is 1. The summed E-state index contributed by atoms with van der Waals surface area (Å²) in [7, 11) is 0. The number of amides is 2. The van der Waals surface area contributed by atoms with E-state index < -0.39 is 5.91 Å². The topological polar surface area (TPSA) is 114 Å². The van der Waals surface area contributed by atoms with E-state index in [2.05, 4.69) is 20.4 Å². The highest BCUT2D eigenvalue weighted by Crippen LogP contribution is 2.26. The summed E-state index contributed by atoms with van der Waals surface area (Å²) in [5.74, 6) is 0.156. The Morgan fingerprint density at radius 1 is 1.13 bits per heavy atom. The van der Waals surface area contributed by atoms with E-state index in [4.69, 9.17) is 21.9 Å². The Bertz CT molecular complexity index is 1090. The van der Waals surface area contributed by atoms with Crippen LogP contribution in [0.15, 0.2) is 53.1 Å². The predicted molar refractivity (Wildman–Crippen MR) is 116 cm³/mol. The van der Waals surface area contributed by atoms with Crippen molar-refractivity contribution in [1.82, 2.24) is 15.0 Å². The van der Waals surface area contributed by atoms with E-state index in [1.54, 1.807) is 30.3 Å². The molecule has 1 aromatic heterocycles. The molecular weight excluding hydrogens is 418 g/mol. The molecule has 31 heavy (non-hydrogen) atoms. The van der Waals surface area contributed by atoms with Crippen LogP contribution in [0.1, 0.15) is 29.1 Å². The van der Waals surface area contributed by atoms with Crippen molar-refractivity contribution in [3.8, 4) is 11.4 Å². The third-order valence-electron chi connectivity index (χ3n) is 5.35. The van der Waals surface area contributed by atoms with Gasteiger partial charge in [-0.1, -0.05) is 41.0 Å². The molecule has 3 N–H and O–H groups in total. The molecule has 2 amide bonds. The number of rotatable bonds is 6. The van der Waals surface area contributed by atoms with E-state index in [1.807, 2.05) is 18.2 Å². The molecule has 1 saturated heterocycles. The third kappa shape index (κ3) is 4.92. The molecule has 0 atom stereocenters. The average molecular weight is 440 g/mol. The Kier molecular flexibility index (Phi) is 6.29. The van der Waals surface area contributed by atoms with Crippen LogP contribution >= 0.6 is 11.6 Å². The first-order chi connectivity index (χ1) is 15.0. The zero-order valence-corrected chi connectivity index (χ0v) is 17.5. The number of likely N-dealkylation sites (tertiary alicyclic amines) is 1. The van der Waals surface area contributed by atoms with Crippen LogP contribution in [-0.4, -0.2) is 39.9 Å². The third-order valence-corrected chi connectivity index (χ3v) is 5.68. The van der Waals surface area contributed by atoms with Crippen LogP contribution in [0.5, 0.6) is 0 Å². The van der Waals surface area contributed by atoms with Crippen molar-refractivity contribution < 1.29 is 14.1 Å². The zero-order chi connectivity index (χ0) is 21.8. The van der Waals surface area contributed by atoms with Crippen molar-refractivity contribution in [1.29, 1.82) is 0 Å². The van der Waals surface area contributed by atoms with Gasteiger partial charge in [-0.25, -0.2) is 0 Å². The smallest absolute Gasteiger partial charge is 0.250 e. The largest absolute Gasteiger partial charge is 0.366 e. The average Bonchev–Trinajstić information content (AvgIpc) is 3.23. The molecule has 9 heteroatoms. The normalized spacial score (nSPS) is 15.0. The SMILES string of the molecule is NC(=O)c1ccccc1NC(=O)C1CCN(Cc2nc(-c3ccccc3Cl)no2)CC1. The van der Waals surface area contributed by atoms with Gasteiger partial charge in [0.1, 0.15) is 0 Å². The lowest BCUT2D eigenvalue weighted by molar-refractivity contribution is -0.121. The van der Waals surface area contributed by atoms with Crippen molar-refractivity contribution >= 4 is 29.1 Å². The number of nitrogens with zero attached hydrogens (tertiary/aromatic N) is 3. The molecule has 1 fully saturated rings. The molecule has 1 aliphatic heterocycles. The first-order valence-electron chi connectivity index (χ1n) is 10.0. The maximum absolute atomic E-state index is 12.7. The number of benzene rings is 2. The van der Waals surface area contributed by atoms with E-state index in [-0.39, 0.29) is 11.8 Å². The maximum atomic E-state index is 12.7. The van der Waals surface area contributed by atoms with Crippen LogP contribution in [0, 0.1) is 5.92 Å². The van der Waals surface area contributed by atoms with E-state index in [9.17, 15) is 9.59 Å². The second-order valence-electron chi connectivity index (χ2n) is 7.44. The molecule has 0 radical (unpaired) electrons. The predicted octanol–water partition coefficient (Wildman–Crippen LogP) is 3.34. The van der Waals surface area contributed by atoms with Gasteiger partial charge >= 0.3 is 0 Å². The van der Waals surface area contributed by atoms with E-state index in [0.717, 1.165) is 18.7 Å². The Hall–Kier alpha value is -3.23. The first-order valence-corrected chi connectivity index (χ1v) is 10.4. The lowest BCUT2D eigenvalue weighted by Crippen LogP contribution is -2.38. The fourth-order valence-corrected chi connectivity index (χ4v) is 3.88. The van der Waals surface area contributed by atoms with Crippen LogP contribution in [0.2, 0.25) is 5.02 Å². The van der Waals surface area contributed by atoms with Gasteiger partial charge in [0.25, 0.3) is 5.91 Å². The van der Waals surface area contributed by atoms with Crippen molar-refractivity contribution in [2.45, 2.75) is 19.4 Å². The molecule has 160 valence electrons. The minimum absolute atomic E-state index is 0.104. The second kappa shape index (κ2) is 9.28. The van der Waals surface area contributed by atoms with Crippen molar-refractivity contribution in [2.75, 3.05) is 18.4 Å². The molecule has 2 aromatic carbocycles. The summed E-state index contributed by atoms with van der Waals surface area (Å²) in [6.45, 7) is 1.95. The summed E-state index contributed by atoms with van der Waals surface area (Å²) in [6.07, 6.45) is 1.38. The molecule has 3 aromatic rings. The van der Waals surface area contributed by atoms with Crippen molar-refractivity contribution in [3.05, 3.63) is 65.0 Å². The highest BCUT2D eigenvalue weighted by atomic mass is 35.5. The lowest BCUT2D eigenvalue weighted by Gasteiger charge is -2.30. The minimum Gasteiger partial charge on any atom is -0.366 e. The number of nitrogens with two attached hydrogens (primary N) is 1. The summed E-state index contributed by atoms with van der Waals surface area (Å²) < 4.78 is 5.38. The summed E-state index contributed by atoms with van der Waals surface area (Å²) in [4.78, 5) is 30.8. The Balaban J connectivity index is 1.32. The van der Waals surface area contributed by atoms with Crippen molar-refractivity contribution in [2.24, 2.45) is 11.7 Å². The number of carbonyl (C=O) groups excluding carboxylic acids is 2. The Labute approximate surface area is 184 Å². The summed E-state index contributed by atoms with van der Waals surface area (Å²) in [5.41, 5.74) is 6.86. The molecule has 8 nitrogen and oxygen atoms in total. The van der Waals surface area contributed by atoms with Gasteiger partial charge in [-0.05, 0) is 50.2 Å². The number of para-hydroxylation sites is 1. The summed E-state index contributed by atoms with van der Waals surface area (Å²) >= 11 is 6.20. The van der Waals surface area contributed by atoms with Crippen LogP contribution < -0.4 is 11.1 Å². The first kappa shape index (κ1) is 21.0. The fourth-order valence-electron chi connectivity index (χ4n) is 3.66. The van der Waals surface area contributed by atoms with Gasteiger partial charge in [-0.3, -0.25) is 14.5 Å². The van der Waals surface area contributed by atoms with Gasteiger partial charge in [0.2, 0.25) is 17.6 Å². The van der Waals surface area contributed by atoms with Crippen LogP contribution in [0.3, 0.4) is 0 Å². The minimum atomic E-state index is -0.568. The van der Waals surface area contributed by atoms with E-state index in [0.29, 0.717) is 47.4 Å². The van der Waals surface area contributed by atoms with Gasteiger partial charge in [0.05, 0.1) is 22.8 Å². The second-order valence-corrected chi connectivity index (χ2v) is 7.85. The number of aromatic nitrogens is 2. The van der Waals surface area contributed by atoms with E-state index in [1.165, 1.54) is 0 Å². The maximum Gasteiger partial charge on any atom is 0.250 e. The fraction of sp³-hybridized carbons (Fsp3) is 0.273. The van der Waals surface area contributed by atoms with Crippen LogP contribution in [-0.2, 0) is 11.3 Å². The Morgan fingerprint density at radius 3 is 2.58 bits per heavy atom. The molecule has 0 aliphatic carbocycles. The van der Waals surface area contributed by atoms with Gasteiger partial charge < -0.3 is 15.6 Å². The molecular formula is C22H22ClN5O3. The number of hydrogen-bond acceptors (Lipinski definition) is 6. The number of anilines is 1. The molecule has 0 saturated carbocycles. The van der Waals surface area contributed by atoms with Gasteiger partial charge in [0, 0.05) is 11.5 Å². The number of piperidine rings is 1. The van der Waals surface area contributed by atoms with Gasteiger partial charge in [0.15, 0.2) is 0 Å². The summed E-state index contributed by atoms with van der Waals surface area (Å²) in [5, 5.41) is 7.44. The standard InChI is InChI=1S/C22H22ClN5O3/c23-17-7-3-1-5-15(17)21-26-19(31-27-21)13-28-11-9-14(10-12-28)22(30)25-18-8-4-2-6-16(18)20(24)29/h1-8,14H,9-13H2,(H2,24,29)(H,25,30). The van der Waals surface area contributed by atoms with Gasteiger partial charge in [-0.2, -0.15) is 4.98 Å².